The highest BCUT2D eigenvalue weighted by Gasteiger charge is 2.29. The van der Waals surface area contributed by atoms with E-state index in [0.29, 0.717) is 24.4 Å². The van der Waals surface area contributed by atoms with Crippen LogP contribution >= 0.6 is 0 Å². The molecule has 5 heteroatoms. The molecule has 1 N–H and O–H groups in total. The molecule has 1 aromatic rings. The average molecular weight is 239 g/mol. The molecule has 0 bridgehead atoms. The third-order valence-electron chi connectivity index (χ3n) is 3.17. The second-order valence-electron chi connectivity index (χ2n) is 5.65. The molecule has 0 atom stereocenters. The van der Waals surface area contributed by atoms with E-state index in [2.05, 4.69) is 15.0 Å². The lowest BCUT2D eigenvalue weighted by atomic mass is 9.92. The smallest absolute Gasteiger partial charge is 0.266 e. The molecule has 0 saturated heterocycles. The highest BCUT2D eigenvalue weighted by atomic mass is 16.5. The van der Waals surface area contributed by atoms with E-state index in [4.69, 9.17) is 9.63 Å². The number of aromatic nitrogens is 2. The summed E-state index contributed by atoms with van der Waals surface area (Å²) >= 11 is 0. The van der Waals surface area contributed by atoms with Crippen LogP contribution in [-0.4, -0.2) is 34.4 Å². The molecule has 0 amide bonds. The summed E-state index contributed by atoms with van der Waals surface area (Å²) in [5.74, 6) is 1.27. The lowest BCUT2D eigenvalue weighted by molar-refractivity contribution is 0.279. The van der Waals surface area contributed by atoms with Gasteiger partial charge in [-0.15, -0.1) is 0 Å². The summed E-state index contributed by atoms with van der Waals surface area (Å²) in [5.41, 5.74) is -0.129. The number of hydrogen-bond acceptors (Lipinski definition) is 5. The van der Waals surface area contributed by atoms with Gasteiger partial charge in [0.05, 0.1) is 6.61 Å². The van der Waals surface area contributed by atoms with Crippen molar-refractivity contribution in [3.63, 3.8) is 0 Å². The first-order chi connectivity index (χ1) is 8.02. The average Bonchev–Trinajstić information content (AvgIpc) is 2.61. The van der Waals surface area contributed by atoms with Gasteiger partial charge < -0.3 is 14.5 Å². The fraction of sp³-hybridized carbons (Fsp3) is 0.833. The summed E-state index contributed by atoms with van der Waals surface area (Å²) in [6.45, 7) is 6.84. The largest absolute Gasteiger partial charge is 0.395 e. The third kappa shape index (κ3) is 2.60. The van der Waals surface area contributed by atoms with Crippen molar-refractivity contribution in [2.24, 2.45) is 0 Å². The predicted octanol–water partition coefficient (Wildman–Crippen LogP) is 1.72. The quantitative estimate of drug-likeness (QED) is 0.866. The van der Waals surface area contributed by atoms with Crippen LogP contribution in [0.15, 0.2) is 4.52 Å². The Morgan fingerprint density at radius 3 is 2.53 bits per heavy atom. The Bertz CT molecular complexity index is 366. The minimum absolute atomic E-state index is 0.121. The van der Waals surface area contributed by atoms with Crippen LogP contribution < -0.4 is 4.90 Å². The molecule has 17 heavy (non-hydrogen) atoms. The SMILES string of the molecule is CC(C)(C)c1nc(N(CCO)C2CCC2)no1. The summed E-state index contributed by atoms with van der Waals surface area (Å²) in [6, 6.07) is 0.465. The van der Waals surface area contributed by atoms with Crippen molar-refractivity contribution in [1.29, 1.82) is 0 Å². The Balaban J connectivity index is 2.15. The first-order valence-corrected chi connectivity index (χ1v) is 6.24. The molecule has 0 aliphatic heterocycles. The fourth-order valence-electron chi connectivity index (χ4n) is 1.89. The van der Waals surface area contributed by atoms with E-state index in [1.165, 1.54) is 6.42 Å². The molecule has 0 spiro atoms. The zero-order valence-corrected chi connectivity index (χ0v) is 10.8. The Hall–Kier alpha value is -1.10. The predicted molar refractivity (Wildman–Crippen MR) is 65.1 cm³/mol. The first-order valence-electron chi connectivity index (χ1n) is 6.24. The van der Waals surface area contributed by atoms with Crippen molar-refractivity contribution in [1.82, 2.24) is 10.1 Å². The number of aliphatic hydroxyl groups is 1. The molecule has 1 fully saturated rings. The number of hydrogen-bond donors (Lipinski definition) is 1. The van der Waals surface area contributed by atoms with Gasteiger partial charge in [0.1, 0.15) is 0 Å². The maximum absolute atomic E-state index is 9.11. The number of aliphatic hydroxyl groups excluding tert-OH is 1. The Kier molecular flexibility index (Phi) is 3.38. The molecule has 1 aromatic heterocycles. The summed E-state index contributed by atoms with van der Waals surface area (Å²) in [6.07, 6.45) is 3.55. The third-order valence-corrected chi connectivity index (χ3v) is 3.17. The Morgan fingerprint density at radius 2 is 2.12 bits per heavy atom. The van der Waals surface area contributed by atoms with Gasteiger partial charge in [-0.2, -0.15) is 4.98 Å². The minimum Gasteiger partial charge on any atom is -0.395 e. The van der Waals surface area contributed by atoms with Crippen molar-refractivity contribution in [3.05, 3.63) is 5.89 Å². The lowest BCUT2D eigenvalue weighted by Gasteiger charge is -2.36. The molecule has 1 saturated carbocycles. The Labute approximate surface area is 102 Å². The van der Waals surface area contributed by atoms with Gasteiger partial charge in [0.25, 0.3) is 5.95 Å². The molecule has 0 aromatic carbocycles. The number of nitrogens with zero attached hydrogens (tertiary/aromatic N) is 3. The van der Waals surface area contributed by atoms with Crippen LogP contribution in [0.4, 0.5) is 5.95 Å². The second-order valence-corrected chi connectivity index (χ2v) is 5.65. The molecule has 1 heterocycles. The standard InChI is InChI=1S/C12H21N3O2/c1-12(2,3)10-13-11(14-17-10)15(7-8-16)9-5-4-6-9/h9,16H,4-8H2,1-3H3. The van der Waals surface area contributed by atoms with E-state index in [9.17, 15) is 0 Å². The zero-order valence-electron chi connectivity index (χ0n) is 10.8. The van der Waals surface area contributed by atoms with Crippen LogP contribution in [0.3, 0.4) is 0 Å². The first kappa shape index (κ1) is 12.4. The van der Waals surface area contributed by atoms with Gasteiger partial charge in [0.15, 0.2) is 0 Å². The summed E-state index contributed by atoms with van der Waals surface area (Å²) < 4.78 is 5.29. The highest BCUT2D eigenvalue weighted by Crippen LogP contribution is 2.29. The van der Waals surface area contributed by atoms with Gasteiger partial charge in [0, 0.05) is 18.0 Å². The van der Waals surface area contributed by atoms with E-state index < -0.39 is 0 Å². The van der Waals surface area contributed by atoms with Gasteiger partial charge in [-0.25, -0.2) is 0 Å². The van der Waals surface area contributed by atoms with Gasteiger partial charge >= 0.3 is 0 Å². The maximum Gasteiger partial charge on any atom is 0.266 e. The normalized spacial score (nSPS) is 16.9. The maximum atomic E-state index is 9.11. The highest BCUT2D eigenvalue weighted by molar-refractivity contribution is 5.31. The van der Waals surface area contributed by atoms with Gasteiger partial charge in [-0.1, -0.05) is 20.8 Å². The van der Waals surface area contributed by atoms with E-state index in [-0.39, 0.29) is 12.0 Å². The van der Waals surface area contributed by atoms with Crippen LogP contribution in [-0.2, 0) is 5.41 Å². The van der Waals surface area contributed by atoms with E-state index in [0.717, 1.165) is 12.8 Å². The molecular formula is C12H21N3O2. The van der Waals surface area contributed by atoms with Crippen molar-refractivity contribution in [3.8, 4) is 0 Å². The number of rotatable bonds is 4. The monoisotopic (exact) mass is 239 g/mol. The van der Waals surface area contributed by atoms with E-state index >= 15 is 0 Å². The van der Waals surface area contributed by atoms with E-state index in [1.807, 2.05) is 20.8 Å². The van der Waals surface area contributed by atoms with Crippen molar-refractivity contribution in [2.75, 3.05) is 18.1 Å². The molecule has 1 aliphatic carbocycles. The van der Waals surface area contributed by atoms with Gasteiger partial charge in [0.2, 0.25) is 5.89 Å². The zero-order chi connectivity index (χ0) is 12.5. The molecular weight excluding hydrogens is 218 g/mol. The molecule has 5 nitrogen and oxygen atoms in total. The molecule has 96 valence electrons. The van der Waals surface area contributed by atoms with Crippen molar-refractivity contribution >= 4 is 5.95 Å². The van der Waals surface area contributed by atoms with Crippen LogP contribution in [0.5, 0.6) is 0 Å². The van der Waals surface area contributed by atoms with Gasteiger partial charge in [-0.3, -0.25) is 0 Å². The van der Waals surface area contributed by atoms with Crippen LogP contribution in [0.2, 0.25) is 0 Å². The van der Waals surface area contributed by atoms with Crippen LogP contribution in [0.25, 0.3) is 0 Å². The molecule has 1 aliphatic rings. The topological polar surface area (TPSA) is 62.4 Å². The van der Waals surface area contributed by atoms with Crippen LogP contribution in [0.1, 0.15) is 45.9 Å². The fourth-order valence-corrected chi connectivity index (χ4v) is 1.89. The molecule has 2 rings (SSSR count). The molecule has 0 unspecified atom stereocenters. The van der Waals surface area contributed by atoms with Crippen LogP contribution in [0, 0.1) is 0 Å². The van der Waals surface area contributed by atoms with Crippen molar-refractivity contribution in [2.45, 2.75) is 51.5 Å². The number of anilines is 1. The summed E-state index contributed by atoms with van der Waals surface area (Å²) in [5, 5.41) is 13.1. The Morgan fingerprint density at radius 1 is 1.41 bits per heavy atom. The van der Waals surface area contributed by atoms with Crippen molar-refractivity contribution < 1.29 is 9.63 Å². The summed E-state index contributed by atoms with van der Waals surface area (Å²) in [7, 11) is 0. The second kappa shape index (κ2) is 4.64. The summed E-state index contributed by atoms with van der Waals surface area (Å²) in [4.78, 5) is 6.50. The minimum atomic E-state index is -0.129. The lowest BCUT2D eigenvalue weighted by Crippen LogP contribution is -2.42. The van der Waals surface area contributed by atoms with E-state index in [1.54, 1.807) is 0 Å². The molecule has 0 radical (unpaired) electrons. The van der Waals surface area contributed by atoms with Gasteiger partial charge in [-0.05, 0) is 24.4 Å².